The normalized spacial score (nSPS) is 12.2. The van der Waals surface area contributed by atoms with Gasteiger partial charge >= 0.3 is 0 Å². The van der Waals surface area contributed by atoms with Crippen LogP contribution >= 0.6 is 11.8 Å². The van der Waals surface area contributed by atoms with Gasteiger partial charge in [0.05, 0.1) is 20.5 Å². The first-order valence-corrected chi connectivity index (χ1v) is 7.74. The number of hydrogen-bond donors (Lipinski definition) is 1. The number of benzene rings is 1. The molecule has 21 heavy (non-hydrogen) atoms. The van der Waals surface area contributed by atoms with E-state index in [4.69, 9.17) is 13.9 Å². The van der Waals surface area contributed by atoms with E-state index >= 15 is 0 Å². The van der Waals surface area contributed by atoms with Gasteiger partial charge < -0.3 is 19.2 Å². The highest BCUT2D eigenvalue weighted by atomic mass is 32.2. The molecule has 0 saturated heterocycles. The summed E-state index contributed by atoms with van der Waals surface area (Å²) in [5.74, 6) is 3.47. The SMILES string of the molecule is CNC(CSc1ccoc1C)c1ccc(OC)cc1OC. The molecule has 114 valence electrons. The molecule has 0 radical (unpaired) electrons. The molecule has 1 N–H and O–H groups in total. The molecule has 0 fully saturated rings. The number of methoxy groups -OCH3 is 2. The third kappa shape index (κ3) is 3.74. The van der Waals surface area contributed by atoms with E-state index < -0.39 is 0 Å². The highest BCUT2D eigenvalue weighted by Gasteiger charge is 2.16. The number of thioether (sulfide) groups is 1. The van der Waals surface area contributed by atoms with Gasteiger partial charge in [-0.2, -0.15) is 0 Å². The summed E-state index contributed by atoms with van der Waals surface area (Å²) in [5, 5.41) is 3.34. The summed E-state index contributed by atoms with van der Waals surface area (Å²) in [5.41, 5.74) is 1.12. The smallest absolute Gasteiger partial charge is 0.127 e. The van der Waals surface area contributed by atoms with Gasteiger partial charge in [0.15, 0.2) is 0 Å². The van der Waals surface area contributed by atoms with E-state index in [1.54, 1.807) is 32.2 Å². The first kappa shape index (κ1) is 15.8. The fourth-order valence-electron chi connectivity index (χ4n) is 2.13. The number of furan rings is 1. The van der Waals surface area contributed by atoms with Gasteiger partial charge in [0.1, 0.15) is 17.3 Å². The van der Waals surface area contributed by atoms with Crippen LogP contribution in [0.1, 0.15) is 17.4 Å². The molecule has 1 unspecified atom stereocenters. The lowest BCUT2D eigenvalue weighted by Crippen LogP contribution is -2.19. The number of aryl methyl sites for hydroxylation is 1. The van der Waals surface area contributed by atoms with E-state index in [-0.39, 0.29) is 6.04 Å². The molecule has 0 aliphatic carbocycles. The Morgan fingerprint density at radius 3 is 2.62 bits per heavy atom. The molecule has 0 aliphatic rings. The highest BCUT2D eigenvalue weighted by Crippen LogP contribution is 2.33. The molecule has 2 rings (SSSR count). The summed E-state index contributed by atoms with van der Waals surface area (Å²) in [6.45, 7) is 1.98. The standard InChI is InChI=1S/C16H21NO3S/c1-11-16(7-8-20-11)21-10-14(17-2)13-6-5-12(18-3)9-15(13)19-4/h5-9,14,17H,10H2,1-4H3. The zero-order chi connectivity index (χ0) is 15.2. The van der Waals surface area contributed by atoms with E-state index in [1.165, 1.54) is 4.90 Å². The molecule has 2 aromatic rings. The van der Waals surface area contributed by atoms with E-state index in [9.17, 15) is 0 Å². The topological polar surface area (TPSA) is 43.6 Å². The Hall–Kier alpha value is -1.59. The summed E-state index contributed by atoms with van der Waals surface area (Å²) in [7, 11) is 5.29. The maximum atomic E-state index is 5.48. The molecule has 4 nitrogen and oxygen atoms in total. The van der Waals surface area contributed by atoms with Gasteiger partial charge in [-0.25, -0.2) is 0 Å². The average molecular weight is 307 g/mol. The van der Waals surface area contributed by atoms with Crippen molar-refractivity contribution in [2.45, 2.75) is 17.9 Å². The van der Waals surface area contributed by atoms with Crippen molar-refractivity contribution < 1.29 is 13.9 Å². The quantitative estimate of drug-likeness (QED) is 0.791. The number of hydrogen-bond acceptors (Lipinski definition) is 5. The number of rotatable bonds is 7. The molecule has 5 heteroatoms. The minimum atomic E-state index is 0.185. The first-order valence-electron chi connectivity index (χ1n) is 6.75. The van der Waals surface area contributed by atoms with Crippen LogP contribution in [-0.2, 0) is 0 Å². The zero-order valence-electron chi connectivity index (χ0n) is 12.8. The van der Waals surface area contributed by atoms with Gasteiger partial charge in [-0.05, 0) is 26.1 Å². The van der Waals surface area contributed by atoms with Crippen LogP contribution < -0.4 is 14.8 Å². The van der Waals surface area contributed by atoms with Crippen LogP contribution in [0.25, 0.3) is 0 Å². The van der Waals surface area contributed by atoms with E-state index in [0.29, 0.717) is 0 Å². The minimum Gasteiger partial charge on any atom is -0.497 e. The van der Waals surface area contributed by atoms with Crippen molar-refractivity contribution in [1.82, 2.24) is 5.32 Å². The van der Waals surface area contributed by atoms with Crippen LogP contribution in [0.5, 0.6) is 11.5 Å². The Balaban J connectivity index is 2.15. The second kappa shape index (κ2) is 7.43. The van der Waals surface area contributed by atoms with Gasteiger partial charge in [-0.3, -0.25) is 0 Å². The van der Waals surface area contributed by atoms with Crippen LogP contribution in [0.15, 0.2) is 39.8 Å². The van der Waals surface area contributed by atoms with Crippen LogP contribution in [-0.4, -0.2) is 27.0 Å². The molecule has 0 bridgehead atoms. The molecule has 0 saturated carbocycles. The van der Waals surface area contributed by atoms with E-state index in [1.807, 2.05) is 38.2 Å². The van der Waals surface area contributed by atoms with Crippen molar-refractivity contribution in [1.29, 1.82) is 0 Å². The molecule has 1 aromatic carbocycles. The molecule has 0 aliphatic heterocycles. The van der Waals surface area contributed by atoms with Crippen molar-refractivity contribution in [2.24, 2.45) is 0 Å². The van der Waals surface area contributed by atoms with Gasteiger partial charge in [0, 0.05) is 28.3 Å². The van der Waals surface area contributed by atoms with Gasteiger partial charge in [0.25, 0.3) is 0 Å². The fourth-order valence-corrected chi connectivity index (χ4v) is 3.23. The molecular weight excluding hydrogens is 286 g/mol. The second-order valence-electron chi connectivity index (χ2n) is 4.60. The van der Waals surface area contributed by atoms with Crippen LogP contribution in [0.2, 0.25) is 0 Å². The zero-order valence-corrected chi connectivity index (χ0v) is 13.6. The maximum Gasteiger partial charge on any atom is 0.127 e. The Morgan fingerprint density at radius 1 is 1.24 bits per heavy atom. The van der Waals surface area contributed by atoms with E-state index in [2.05, 4.69) is 5.32 Å². The lowest BCUT2D eigenvalue weighted by Gasteiger charge is -2.19. The molecular formula is C16H21NO3S. The first-order chi connectivity index (χ1) is 10.2. The summed E-state index contributed by atoms with van der Waals surface area (Å²) in [4.78, 5) is 1.17. The predicted octanol–water partition coefficient (Wildman–Crippen LogP) is 3.66. The average Bonchev–Trinajstić information content (AvgIpc) is 2.93. The molecule has 0 amide bonds. The van der Waals surface area contributed by atoms with Gasteiger partial charge in [0.2, 0.25) is 0 Å². The lowest BCUT2D eigenvalue weighted by atomic mass is 10.1. The maximum absolute atomic E-state index is 5.48. The van der Waals surface area contributed by atoms with Crippen molar-refractivity contribution >= 4 is 11.8 Å². The largest absolute Gasteiger partial charge is 0.497 e. The predicted molar refractivity (Wildman–Crippen MR) is 85.5 cm³/mol. The van der Waals surface area contributed by atoms with Crippen molar-refractivity contribution in [3.05, 3.63) is 41.9 Å². The lowest BCUT2D eigenvalue weighted by molar-refractivity contribution is 0.387. The highest BCUT2D eigenvalue weighted by molar-refractivity contribution is 7.99. The van der Waals surface area contributed by atoms with Crippen molar-refractivity contribution in [3.8, 4) is 11.5 Å². The summed E-state index contributed by atoms with van der Waals surface area (Å²) in [6, 6.07) is 8.09. The number of ether oxygens (including phenoxy) is 2. The monoisotopic (exact) mass is 307 g/mol. The molecule has 1 atom stereocenters. The second-order valence-corrected chi connectivity index (χ2v) is 5.66. The summed E-state index contributed by atoms with van der Waals surface area (Å²) in [6.07, 6.45) is 1.72. The van der Waals surface area contributed by atoms with Crippen LogP contribution in [0, 0.1) is 6.92 Å². The van der Waals surface area contributed by atoms with E-state index in [0.717, 1.165) is 28.6 Å². The Kier molecular flexibility index (Phi) is 5.59. The Bertz CT molecular complexity index is 583. The number of nitrogens with one attached hydrogen (secondary N) is 1. The van der Waals surface area contributed by atoms with Crippen LogP contribution in [0.4, 0.5) is 0 Å². The minimum absolute atomic E-state index is 0.185. The molecule has 1 aromatic heterocycles. The Labute approximate surface area is 129 Å². The van der Waals surface area contributed by atoms with Crippen LogP contribution in [0.3, 0.4) is 0 Å². The van der Waals surface area contributed by atoms with Crippen molar-refractivity contribution in [2.75, 3.05) is 27.0 Å². The fraction of sp³-hybridized carbons (Fsp3) is 0.375. The Morgan fingerprint density at radius 2 is 2.05 bits per heavy atom. The van der Waals surface area contributed by atoms with Crippen molar-refractivity contribution in [3.63, 3.8) is 0 Å². The molecule has 1 heterocycles. The molecule has 0 spiro atoms. The van der Waals surface area contributed by atoms with Gasteiger partial charge in [-0.15, -0.1) is 11.8 Å². The third-order valence-corrected chi connectivity index (χ3v) is 4.62. The van der Waals surface area contributed by atoms with Gasteiger partial charge in [-0.1, -0.05) is 6.07 Å². The summed E-state index contributed by atoms with van der Waals surface area (Å²) >= 11 is 1.77. The third-order valence-electron chi connectivity index (χ3n) is 3.38. The summed E-state index contributed by atoms with van der Waals surface area (Å²) < 4.78 is 16.1.